The minimum Gasteiger partial charge on any atom is -0.494 e. The van der Waals surface area contributed by atoms with Gasteiger partial charge in [-0.05, 0) is 134 Å². The number of thiol groups is 1. The molecule has 1 aromatic rings. The molecule has 3 fully saturated rings. The van der Waals surface area contributed by atoms with E-state index in [0.29, 0.717) is 11.0 Å². The number of allylic oxidation sites excluding steroid dienone is 1. The normalized spacial score (nSPS) is 31.4. The molecule has 0 bridgehead atoms. The van der Waals surface area contributed by atoms with Gasteiger partial charge in [0.15, 0.2) is 0 Å². The number of hydrogen-bond acceptors (Lipinski definition) is 4. The SMILES string of the molecule is CC(C)CCC[C@@H](C)[C@H]1CC[C@H]2[C@@H]3CC=C4C[C@@H](OC(=O)c5ccc(OCCCCCCCCCCCS)cc5)CC[C@]4(C)[C@H]3CC[C@]12C. The van der Waals surface area contributed by atoms with E-state index < -0.39 is 0 Å². The number of fused-ring (bicyclic) bond motifs is 5. The Kier molecular flexibility index (Phi) is 14.5. The monoisotopic (exact) mass is 693 g/mol. The predicted molar refractivity (Wildman–Crippen MR) is 210 cm³/mol. The maximum atomic E-state index is 13.2. The summed E-state index contributed by atoms with van der Waals surface area (Å²) >= 11 is 4.29. The van der Waals surface area contributed by atoms with Gasteiger partial charge in [0.05, 0.1) is 12.2 Å². The van der Waals surface area contributed by atoms with Gasteiger partial charge >= 0.3 is 5.97 Å². The topological polar surface area (TPSA) is 35.5 Å². The molecule has 0 aliphatic heterocycles. The van der Waals surface area contributed by atoms with Gasteiger partial charge in [-0.25, -0.2) is 4.79 Å². The molecule has 8 atom stereocenters. The maximum absolute atomic E-state index is 13.2. The molecular formula is C45H72O3S. The second-order valence-corrected chi connectivity index (χ2v) is 18.3. The van der Waals surface area contributed by atoms with Gasteiger partial charge in [0.1, 0.15) is 11.9 Å². The summed E-state index contributed by atoms with van der Waals surface area (Å²) in [6, 6.07) is 7.61. The standard InChI is InChI=1S/C45H72O3S/c1-33(2)16-15-17-34(3)40-24-25-41-39-23-20-36-32-38(26-28-44(36,4)42(39)27-29-45(40,41)5)48-43(46)35-18-21-37(22-19-35)47-30-13-11-9-7-6-8-10-12-14-31-49/h18-22,33-34,38-42,49H,6-17,23-32H2,1-5H3/t34-,38+,39+,40-,41+,42+,44+,45-/m1/s1. The number of carbonyl (C=O) groups is 1. The van der Waals surface area contributed by atoms with Crippen LogP contribution < -0.4 is 4.74 Å². The highest BCUT2D eigenvalue weighted by Gasteiger charge is 2.59. The molecule has 3 nitrogen and oxygen atoms in total. The lowest BCUT2D eigenvalue weighted by atomic mass is 9.47. The first kappa shape index (κ1) is 38.8. The lowest BCUT2D eigenvalue weighted by Gasteiger charge is -2.58. The molecule has 1 aromatic carbocycles. The van der Waals surface area contributed by atoms with Crippen LogP contribution in [0.3, 0.4) is 0 Å². The Morgan fingerprint density at radius 1 is 0.816 bits per heavy atom. The van der Waals surface area contributed by atoms with Gasteiger partial charge in [0.25, 0.3) is 0 Å². The Morgan fingerprint density at radius 2 is 1.51 bits per heavy atom. The van der Waals surface area contributed by atoms with Crippen LogP contribution in [-0.2, 0) is 4.74 Å². The zero-order chi connectivity index (χ0) is 34.9. The molecule has 4 aliphatic carbocycles. The van der Waals surface area contributed by atoms with Gasteiger partial charge in [0, 0.05) is 6.42 Å². The van der Waals surface area contributed by atoms with Gasteiger partial charge in [-0.3, -0.25) is 0 Å². The van der Waals surface area contributed by atoms with E-state index in [0.717, 1.165) is 79.3 Å². The third-order valence-corrected chi connectivity index (χ3v) is 14.5. The molecule has 276 valence electrons. The summed E-state index contributed by atoms with van der Waals surface area (Å²) in [5.41, 5.74) is 3.03. The Morgan fingerprint density at radius 3 is 2.20 bits per heavy atom. The Bertz CT molecular complexity index is 1190. The van der Waals surface area contributed by atoms with E-state index in [1.54, 1.807) is 5.57 Å². The number of unbranched alkanes of at least 4 members (excludes halogenated alkanes) is 8. The Balaban J connectivity index is 1.05. The second-order valence-electron chi connectivity index (χ2n) is 17.8. The van der Waals surface area contributed by atoms with Crippen LogP contribution in [0.4, 0.5) is 0 Å². The third-order valence-electron chi connectivity index (χ3n) is 14.2. The van der Waals surface area contributed by atoms with Crippen LogP contribution in [0.15, 0.2) is 35.9 Å². The van der Waals surface area contributed by atoms with Crippen molar-refractivity contribution in [3.8, 4) is 5.75 Å². The average molecular weight is 693 g/mol. The molecule has 0 saturated heterocycles. The summed E-state index contributed by atoms with van der Waals surface area (Å²) in [6.07, 6.45) is 28.3. The van der Waals surface area contributed by atoms with Crippen molar-refractivity contribution in [3.63, 3.8) is 0 Å². The molecule has 0 radical (unpaired) electrons. The number of hydrogen-bond donors (Lipinski definition) is 1. The fraction of sp³-hybridized carbons (Fsp3) is 0.800. The minimum absolute atomic E-state index is 0.0104. The molecule has 3 saturated carbocycles. The molecule has 0 heterocycles. The van der Waals surface area contributed by atoms with Crippen LogP contribution in [0, 0.1) is 46.3 Å². The van der Waals surface area contributed by atoms with Crippen LogP contribution >= 0.6 is 12.6 Å². The fourth-order valence-corrected chi connectivity index (χ4v) is 11.5. The average Bonchev–Trinajstić information content (AvgIpc) is 3.45. The summed E-state index contributed by atoms with van der Waals surface area (Å²) < 4.78 is 12.2. The van der Waals surface area contributed by atoms with Gasteiger partial charge in [-0.1, -0.05) is 110 Å². The Hall–Kier alpha value is -1.42. The van der Waals surface area contributed by atoms with Gasteiger partial charge in [-0.15, -0.1) is 0 Å². The highest BCUT2D eigenvalue weighted by Crippen LogP contribution is 2.67. The van der Waals surface area contributed by atoms with E-state index in [4.69, 9.17) is 9.47 Å². The van der Waals surface area contributed by atoms with Crippen molar-refractivity contribution in [1.29, 1.82) is 0 Å². The summed E-state index contributed by atoms with van der Waals surface area (Å²) in [4.78, 5) is 13.2. The number of esters is 1. The molecule has 0 spiro atoms. The van der Waals surface area contributed by atoms with Crippen molar-refractivity contribution in [2.75, 3.05) is 12.4 Å². The zero-order valence-electron chi connectivity index (χ0n) is 32.2. The molecule has 0 unspecified atom stereocenters. The lowest BCUT2D eigenvalue weighted by Crippen LogP contribution is -2.51. The van der Waals surface area contributed by atoms with E-state index in [-0.39, 0.29) is 17.5 Å². The lowest BCUT2D eigenvalue weighted by molar-refractivity contribution is -0.0594. The number of carbonyl (C=O) groups excluding carboxylic acids is 1. The molecular weight excluding hydrogens is 621 g/mol. The first-order valence-corrected chi connectivity index (χ1v) is 21.5. The van der Waals surface area contributed by atoms with Crippen LogP contribution in [0.1, 0.15) is 173 Å². The molecule has 49 heavy (non-hydrogen) atoms. The second kappa shape index (κ2) is 18.4. The predicted octanol–water partition coefficient (Wildman–Crippen LogP) is 13.1. The zero-order valence-corrected chi connectivity index (χ0v) is 33.1. The van der Waals surface area contributed by atoms with Crippen molar-refractivity contribution in [3.05, 3.63) is 41.5 Å². The Labute approximate surface area is 306 Å². The summed E-state index contributed by atoms with van der Waals surface area (Å²) in [7, 11) is 0. The minimum atomic E-state index is -0.187. The van der Waals surface area contributed by atoms with E-state index in [1.807, 2.05) is 24.3 Å². The molecule has 0 N–H and O–H groups in total. The summed E-state index contributed by atoms with van der Waals surface area (Å²) in [5, 5.41) is 0. The number of ether oxygens (including phenoxy) is 2. The van der Waals surface area contributed by atoms with E-state index >= 15 is 0 Å². The van der Waals surface area contributed by atoms with E-state index in [9.17, 15) is 4.79 Å². The van der Waals surface area contributed by atoms with Crippen molar-refractivity contribution < 1.29 is 14.3 Å². The molecule has 4 aliphatic rings. The van der Waals surface area contributed by atoms with Crippen molar-refractivity contribution in [1.82, 2.24) is 0 Å². The highest BCUT2D eigenvalue weighted by atomic mass is 32.1. The van der Waals surface area contributed by atoms with Crippen molar-refractivity contribution >= 4 is 18.6 Å². The van der Waals surface area contributed by atoms with Crippen molar-refractivity contribution in [2.24, 2.45) is 46.3 Å². The van der Waals surface area contributed by atoms with E-state index in [2.05, 4.69) is 53.3 Å². The molecule has 5 rings (SSSR count). The largest absolute Gasteiger partial charge is 0.494 e. The van der Waals surface area contributed by atoms with Gasteiger partial charge in [-0.2, -0.15) is 12.6 Å². The van der Waals surface area contributed by atoms with Gasteiger partial charge in [0.2, 0.25) is 0 Å². The van der Waals surface area contributed by atoms with Crippen LogP contribution in [0.5, 0.6) is 5.75 Å². The quantitative estimate of drug-likeness (QED) is 0.0678. The highest BCUT2D eigenvalue weighted by molar-refractivity contribution is 7.80. The van der Waals surface area contributed by atoms with Crippen molar-refractivity contribution in [2.45, 2.75) is 169 Å². The molecule has 0 aromatic heterocycles. The first-order valence-electron chi connectivity index (χ1n) is 20.9. The smallest absolute Gasteiger partial charge is 0.338 e. The van der Waals surface area contributed by atoms with Crippen LogP contribution in [0.25, 0.3) is 0 Å². The molecule has 0 amide bonds. The first-order chi connectivity index (χ1) is 23.7. The maximum Gasteiger partial charge on any atom is 0.338 e. The fourth-order valence-electron chi connectivity index (χ4n) is 11.3. The summed E-state index contributed by atoms with van der Waals surface area (Å²) in [6.45, 7) is 13.3. The summed E-state index contributed by atoms with van der Waals surface area (Å²) in [5.74, 6) is 6.78. The van der Waals surface area contributed by atoms with Gasteiger partial charge < -0.3 is 9.47 Å². The van der Waals surface area contributed by atoms with E-state index in [1.165, 1.54) is 103 Å². The number of benzene rings is 1. The van der Waals surface area contributed by atoms with Crippen LogP contribution in [-0.4, -0.2) is 24.4 Å². The molecule has 4 heteroatoms. The third kappa shape index (κ3) is 9.72. The van der Waals surface area contributed by atoms with Crippen LogP contribution in [0.2, 0.25) is 0 Å². The number of rotatable bonds is 19.